The number of hydrogen-bond acceptors (Lipinski definition) is 4. The molecule has 2 atom stereocenters. The number of H-pyrrole nitrogens is 1. The molecule has 1 aliphatic heterocycles. The average molecular weight is 492 g/mol. The molecule has 7 nitrogen and oxygen atoms in total. The lowest BCUT2D eigenvalue weighted by Gasteiger charge is -2.32. The molecule has 0 saturated heterocycles. The van der Waals surface area contributed by atoms with Gasteiger partial charge in [-0.15, -0.1) is 5.10 Å². The van der Waals surface area contributed by atoms with Gasteiger partial charge in [-0.1, -0.05) is 66.7 Å². The summed E-state index contributed by atoms with van der Waals surface area (Å²) in [5.74, 6) is 0.737. The van der Waals surface area contributed by atoms with E-state index in [4.69, 9.17) is 0 Å². The average Bonchev–Trinajstić information content (AvgIpc) is 3.39. The number of aromatic amines is 1. The van der Waals surface area contributed by atoms with Crippen LogP contribution in [-0.2, 0) is 25.9 Å². The van der Waals surface area contributed by atoms with Gasteiger partial charge in [0, 0.05) is 23.9 Å². The third-order valence-electron chi connectivity index (χ3n) is 7.72. The molecule has 3 heterocycles. The smallest absolute Gasteiger partial charge is 0.258 e. The van der Waals surface area contributed by atoms with E-state index in [9.17, 15) is 4.79 Å². The highest BCUT2D eigenvalue weighted by molar-refractivity contribution is 5.85. The molecule has 7 heteroatoms. The highest BCUT2D eigenvalue weighted by Crippen LogP contribution is 2.24. The molecule has 0 radical (unpaired) electrons. The molecule has 5 aromatic rings. The number of fused-ring (bicyclic) bond motifs is 2. The van der Waals surface area contributed by atoms with Gasteiger partial charge in [0.15, 0.2) is 6.04 Å². The Morgan fingerprint density at radius 3 is 2.57 bits per heavy atom. The third-order valence-corrected chi connectivity index (χ3v) is 7.72. The van der Waals surface area contributed by atoms with Crippen LogP contribution in [-0.4, -0.2) is 31.7 Å². The maximum absolute atomic E-state index is 13.7. The molecule has 0 fully saturated rings. The predicted molar refractivity (Wildman–Crippen MR) is 144 cm³/mol. The number of aromatic nitrogens is 5. The van der Waals surface area contributed by atoms with E-state index in [1.807, 2.05) is 29.8 Å². The minimum atomic E-state index is -0.285. The number of quaternary nitrogens is 1. The van der Waals surface area contributed by atoms with Crippen molar-refractivity contribution in [1.29, 1.82) is 0 Å². The van der Waals surface area contributed by atoms with Gasteiger partial charge >= 0.3 is 0 Å². The van der Waals surface area contributed by atoms with Crippen LogP contribution in [0.15, 0.2) is 77.6 Å². The molecule has 0 aliphatic carbocycles. The number of nitrogens with zero attached hydrogens (tertiary/aromatic N) is 4. The zero-order valence-corrected chi connectivity index (χ0v) is 21.2. The summed E-state index contributed by atoms with van der Waals surface area (Å²) in [5, 5.41) is 14.0. The Morgan fingerprint density at radius 2 is 1.73 bits per heavy atom. The Bertz CT molecular complexity index is 1620. The molecule has 0 bridgehead atoms. The first-order chi connectivity index (χ1) is 18.1. The number of pyridine rings is 1. The number of rotatable bonds is 6. The van der Waals surface area contributed by atoms with Gasteiger partial charge in [-0.25, -0.2) is 4.68 Å². The maximum Gasteiger partial charge on any atom is 0.258 e. The first-order valence-electron chi connectivity index (χ1n) is 12.9. The van der Waals surface area contributed by atoms with E-state index >= 15 is 0 Å². The zero-order chi connectivity index (χ0) is 25.4. The molecule has 3 aromatic carbocycles. The molecule has 0 spiro atoms. The van der Waals surface area contributed by atoms with Gasteiger partial charge in [-0.05, 0) is 59.0 Å². The minimum absolute atomic E-state index is 0.0739. The van der Waals surface area contributed by atoms with E-state index in [1.165, 1.54) is 21.6 Å². The summed E-state index contributed by atoms with van der Waals surface area (Å²) < 4.78 is 1.89. The van der Waals surface area contributed by atoms with E-state index < -0.39 is 0 Å². The predicted octanol–water partition coefficient (Wildman–Crippen LogP) is 3.10. The quantitative estimate of drug-likeness (QED) is 0.383. The highest BCUT2D eigenvalue weighted by Gasteiger charge is 2.36. The van der Waals surface area contributed by atoms with E-state index in [2.05, 4.69) is 82.0 Å². The van der Waals surface area contributed by atoms with E-state index in [0.29, 0.717) is 12.1 Å². The summed E-state index contributed by atoms with van der Waals surface area (Å²) in [6, 6.07) is 24.9. The summed E-state index contributed by atoms with van der Waals surface area (Å²) in [7, 11) is 0. The monoisotopic (exact) mass is 491 g/mol. The first-order valence-corrected chi connectivity index (χ1v) is 12.9. The van der Waals surface area contributed by atoms with Crippen molar-refractivity contribution in [2.24, 2.45) is 0 Å². The van der Waals surface area contributed by atoms with Crippen LogP contribution in [0, 0.1) is 13.8 Å². The molecule has 2 unspecified atom stereocenters. The van der Waals surface area contributed by atoms with Crippen LogP contribution < -0.4 is 10.5 Å². The standard InChI is InChI=1S/C30H30N6O/c1-20-12-13-21(2)27-25(20)18-26(30(37)31-27)28(35-16-15-23-10-6-7-11-24(23)19-35)29-32-33-34-36(29)17-14-22-8-4-3-5-9-22/h3-13,18,28H,14-17,19H2,1-2H3,(H,31,37)/p+1. The Balaban J connectivity index is 1.46. The third kappa shape index (κ3) is 4.47. The molecule has 0 saturated carbocycles. The topological polar surface area (TPSA) is 80.9 Å². The Hall–Kier alpha value is -4.10. The van der Waals surface area contributed by atoms with Crippen LogP contribution in [0.25, 0.3) is 10.9 Å². The Kier molecular flexibility index (Phi) is 6.14. The van der Waals surface area contributed by atoms with Gasteiger partial charge in [-0.3, -0.25) is 4.79 Å². The van der Waals surface area contributed by atoms with E-state index in [-0.39, 0.29) is 11.6 Å². The second-order valence-corrected chi connectivity index (χ2v) is 10.1. The van der Waals surface area contributed by atoms with E-state index in [1.54, 1.807) is 0 Å². The molecular weight excluding hydrogens is 460 g/mol. The van der Waals surface area contributed by atoms with Crippen LogP contribution >= 0.6 is 0 Å². The van der Waals surface area contributed by atoms with Crippen molar-refractivity contribution in [3.05, 3.63) is 122 Å². The van der Waals surface area contributed by atoms with Crippen LogP contribution in [0.3, 0.4) is 0 Å². The van der Waals surface area contributed by atoms with Crippen molar-refractivity contribution < 1.29 is 4.90 Å². The van der Waals surface area contributed by atoms with Crippen molar-refractivity contribution in [1.82, 2.24) is 25.2 Å². The van der Waals surface area contributed by atoms with Gasteiger partial charge in [0.05, 0.1) is 17.6 Å². The molecule has 2 N–H and O–H groups in total. The Labute approximate surface area is 215 Å². The van der Waals surface area contributed by atoms with Crippen LogP contribution in [0.4, 0.5) is 0 Å². The fraction of sp³-hybridized carbons (Fsp3) is 0.267. The number of hydrogen-bond donors (Lipinski definition) is 2. The second kappa shape index (κ2) is 9.75. The normalized spacial score (nSPS) is 16.0. The molecule has 6 rings (SSSR count). The summed E-state index contributed by atoms with van der Waals surface area (Å²) >= 11 is 0. The SMILES string of the molecule is Cc1ccc(C)c2[nH]c(=O)c(C(c3nnnn3CCc3ccccc3)[NH+]3CCc4ccccc4C3)cc12. The largest absolute Gasteiger partial charge is 0.321 e. The van der Waals surface area contributed by atoms with Crippen molar-refractivity contribution in [2.75, 3.05) is 6.54 Å². The van der Waals surface area contributed by atoms with Crippen LogP contribution in [0.5, 0.6) is 0 Å². The minimum Gasteiger partial charge on any atom is -0.321 e. The lowest BCUT2D eigenvalue weighted by atomic mass is 9.95. The fourth-order valence-corrected chi connectivity index (χ4v) is 5.65. The number of tetrazole rings is 1. The molecule has 0 amide bonds. The van der Waals surface area contributed by atoms with Gasteiger partial charge in [0.1, 0.15) is 6.54 Å². The summed E-state index contributed by atoms with van der Waals surface area (Å²) in [6.45, 7) is 6.49. The highest BCUT2D eigenvalue weighted by atomic mass is 16.1. The molecular formula is C30H31N6O+. The molecule has 37 heavy (non-hydrogen) atoms. The van der Waals surface area contributed by atoms with Crippen LogP contribution in [0.2, 0.25) is 0 Å². The number of benzene rings is 3. The van der Waals surface area contributed by atoms with Crippen molar-refractivity contribution in [3.63, 3.8) is 0 Å². The van der Waals surface area contributed by atoms with Gasteiger partial charge in [0.25, 0.3) is 5.56 Å². The second-order valence-electron chi connectivity index (χ2n) is 10.1. The number of nitrogens with one attached hydrogen (secondary N) is 2. The van der Waals surface area contributed by atoms with Gasteiger partial charge in [0.2, 0.25) is 5.82 Å². The van der Waals surface area contributed by atoms with Crippen LogP contribution in [0.1, 0.15) is 45.2 Å². The Morgan fingerprint density at radius 1 is 0.973 bits per heavy atom. The van der Waals surface area contributed by atoms with Crippen molar-refractivity contribution in [2.45, 2.75) is 45.8 Å². The van der Waals surface area contributed by atoms with Gasteiger partial charge < -0.3 is 9.88 Å². The number of aryl methyl sites for hydroxylation is 4. The molecule has 1 aliphatic rings. The van der Waals surface area contributed by atoms with Crippen molar-refractivity contribution in [3.8, 4) is 0 Å². The fourth-order valence-electron chi connectivity index (χ4n) is 5.65. The van der Waals surface area contributed by atoms with E-state index in [0.717, 1.165) is 53.8 Å². The summed E-state index contributed by atoms with van der Waals surface area (Å²) in [4.78, 5) is 18.1. The lowest BCUT2D eigenvalue weighted by molar-refractivity contribution is -0.942. The van der Waals surface area contributed by atoms with Gasteiger partial charge in [-0.2, -0.15) is 0 Å². The summed E-state index contributed by atoms with van der Waals surface area (Å²) in [5.41, 5.74) is 7.67. The zero-order valence-electron chi connectivity index (χ0n) is 21.2. The molecule has 186 valence electrons. The van der Waals surface area contributed by atoms with Crippen molar-refractivity contribution >= 4 is 10.9 Å². The molecule has 2 aromatic heterocycles. The maximum atomic E-state index is 13.7. The first kappa shape index (κ1) is 23.3. The summed E-state index contributed by atoms with van der Waals surface area (Å²) in [6.07, 6.45) is 1.77. The lowest BCUT2D eigenvalue weighted by Crippen LogP contribution is -3.12.